The number of aromatic nitrogens is 2. The molecule has 0 radical (unpaired) electrons. The molecular formula is C21H24N4O. The molecule has 0 spiro atoms. The van der Waals surface area contributed by atoms with Crippen LogP contribution >= 0.6 is 0 Å². The Morgan fingerprint density at radius 1 is 1.00 bits per heavy atom. The molecule has 0 aliphatic rings. The van der Waals surface area contributed by atoms with Crippen LogP contribution < -0.4 is 15.0 Å². The van der Waals surface area contributed by atoms with E-state index in [1.165, 1.54) is 0 Å². The van der Waals surface area contributed by atoms with Crippen molar-refractivity contribution in [2.75, 3.05) is 16.8 Å². The summed E-state index contributed by atoms with van der Waals surface area (Å²) in [5, 5.41) is 3.35. The van der Waals surface area contributed by atoms with Gasteiger partial charge in [0.25, 0.3) is 0 Å². The van der Waals surface area contributed by atoms with E-state index in [0.717, 1.165) is 35.3 Å². The number of anilines is 4. The number of hydrogen-bond donors (Lipinski definition) is 1. The fourth-order valence-corrected chi connectivity index (χ4v) is 2.71. The predicted octanol–water partition coefficient (Wildman–Crippen LogP) is 5.17. The van der Waals surface area contributed by atoms with Gasteiger partial charge in [0.2, 0.25) is 0 Å². The van der Waals surface area contributed by atoms with Crippen LogP contribution in [0, 0.1) is 0 Å². The quantitative estimate of drug-likeness (QED) is 0.639. The minimum atomic E-state index is 0.104. The van der Waals surface area contributed by atoms with Crippen molar-refractivity contribution in [3.05, 3.63) is 67.0 Å². The molecule has 3 rings (SSSR count). The second-order valence-corrected chi connectivity index (χ2v) is 6.13. The first-order valence-electron chi connectivity index (χ1n) is 8.84. The van der Waals surface area contributed by atoms with E-state index in [1.807, 2.05) is 62.4 Å². The zero-order valence-corrected chi connectivity index (χ0v) is 15.4. The van der Waals surface area contributed by atoms with Gasteiger partial charge in [-0.15, -0.1) is 0 Å². The molecule has 0 fully saturated rings. The van der Waals surface area contributed by atoms with Crippen LogP contribution in [0.15, 0.2) is 67.0 Å². The summed E-state index contributed by atoms with van der Waals surface area (Å²) in [6.45, 7) is 6.94. The van der Waals surface area contributed by atoms with Crippen LogP contribution in [0.1, 0.15) is 20.8 Å². The maximum atomic E-state index is 5.87. The maximum absolute atomic E-state index is 5.87. The van der Waals surface area contributed by atoms with Gasteiger partial charge in [-0.2, -0.15) is 0 Å². The SMILES string of the molecule is CCN(c1ccccc1)c1cc(Nc2ccccc2OC(C)C)ncn1. The van der Waals surface area contributed by atoms with E-state index < -0.39 is 0 Å². The Labute approximate surface area is 154 Å². The van der Waals surface area contributed by atoms with Gasteiger partial charge < -0.3 is 15.0 Å². The van der Waals surface area contributed by atoms with Crippen molar-refractivity contribution >= 4 is 23.0 Å². The first kappa shape index (κ1) is 17.7. The van der Waals surface area contributed by atoms with E-state index in [-0.39, 0.29) is 6.10 Å². The molecule has 1 N–H and O–H groups in total. The third-order valence-electron chi connectivity index (χ3n) is 3.83. The van der Waals surface area contributed by atoms with E-state index in [0.29, 0.717) is 0 Å². The molecule has 0 bridgehead atoms. The van der Waals surface area contributed by atoms with Gasteiger partial charge in [0, 0.05) is 18.3 Å². The highest BCUT2D eigenvalue weighted by Crippen LogP contribution is 2.29. The summed E-state index contributed by atoms with van der Waals surface area (Å²) in [5.74, 6) is 2.38. The molecular weight excluding hydrogens is 324 g/mol. The molecule has 0 saturated carbocycles. The second-order valence-electron chi connectivity index (χ2n) is 6.13. The van der Waals surface area contributed by atoms with E-state index in [2.05, 4.69) is 39.2 Å². The molecule has 0 aliphatic heterocycles. The fourth-order valence-electron chi connectivity index (χ4n) is 2.71. The molecule has 3 aromatic rings. The highest BCUT2D eigenvalue weighted by Gasteiger charge is 2.11. The summed E-state index contributed by atoms with van der Waals surface area (Å²) in [6, 6.07) is 20.0. The van der Waals surface area contributed by atoms with Crippen molar-refractivity contribution in [1.82, 2.24) is 9.97 Å². The number of hydrogen-bond acceptors (Lipinski definition) is 5. The van der Waals surface area contributed by atoms with Gasteiger partial charge in [-0.1, -0.05) is 30.3 Å². The summed E-state index contributed by atoms with van der Waals surface area (Å²) in [4.78, 5) is 10.9. The fraction of sp³-hybridized carbons (Fsp3) is 0.238. The van der Waals surface area contributed by atoms with Crippen LogP contribution in [0.2, 0.25) is 0 Å². The first-order valence-corrected chi connectivity index (χ1v) is 8.84. The molecule has 2 aromatic carbocycles. The van der Waals surface area contributed by atoms with Crippen molar-refractivity contribution in [1.29, 1.82) is 0 Å². The van der Waals surface area contributed by atoms with Crippen LogP contribution in [0.5, 0.6) is 5.75 Å². The lowest BCUT2D eigenvalue weighted by molar-refractivity contribution is 0.244. The Morgan fingerprint density at radius 3 is 2.46 bits per heavy atom. The van der Waals surface area contributed by atoms with E-state index in [1.54, 1.807) is 6.33 Å². The lowest BCUT2D eigenvalue weighted by Crippen LogP contribution is -2.17. The van der Waals surface area contributed by atoms with Gasteiger partial charge in [0.1, 0.15) is 23.7 Å². The highest BCUT2D eigenvalue weighted by molar-refractivity contribution is 5.68. The molecule has 1 aromatic heterocycles. The molecule has 5 nitrogen and oxygen atoms in total. The molecule has 26 heavy (non-hydrogen) atoms. The molecule has 5 heteroatoms. The third-order valence-corrected chi connectivity index (χ3v) is 3.83. The maximum Gasteiger partial charge on any atom is 0.143 e. The molecule has 0 amide bonds. The first-order chi connectivity index (χ1) is 12.7. The van der Waals surface area contributed by atoms with Crippen molar-refractivity contribution in [3.63, 3.8) is 0 Å². The van der Waals surface area contributed by atoms with E-state index in [9.17, 15) is 0 Å². The molecule has 0 saturated heterocycles. The summed E-state index contributed by atoms with van der Waals surface area (Å²) >= 11 is 0. The average molecular weight is 348 g/mol. The van der Waals surface area contributed by atoms with Crippen molar-refractivity contribution < 1.29 is 4.74 Å². The molecule has 0 unspecified atom stereocenters. The second kappa shape index (κ2) is 8.34. The van der Waals surface area contributed by atoms with Crippen LogP contribution in [-0.2, 0) is 0 Å². The number of para-hydroxylation sites is 3. The van der Waals surface area contributed by atoms with Crippen LogP contribution in [0.3, 0.4) is 0 Å². The Morgan fingerprint density at radius 2 is 1.73 bits per heavy atom. The molecule has 134 valence electrons. The predicted molar refractivity (Wildman–Crippen MR) is 107 cm³/mol. The number of benzene rings is 2. The summed E-state index contributed by atoms with van der Waals surface area (Å²) in [7, 11) is 0. The van der Waals surface area contributed by atoms with Gasteiger partial charge in [0.05, 0.1) is 11.8 Å². The zero-order chi connectivity index (χ0) is 18.4. The zero-order valence-electron chi connectivity index (χ0n) is 15.4. The lowest BCUT2D eigenvalue weighted by Gasteiger charge is -2.22. The monoisotopic (exact) mass is 348 g/mol. The smallest absolute Gasteiger partial charge is 0.143 e. The number of nitrogens with one attached hydrogen (secondary N) is 1. The van der Waals surface area contributed by atoms with Crippen LogP contribution in [0.4, 0.5) is 23.0 Å². The Kier molecular flexibility index (Phi) is 5.69. The number of ether oxygens (including phenoxy) is 1. The summed E-state index contributed by atoms with van der Waals surface area (Å²) in [6.07, 6.45) is 1.68. The van der Waals surface area contributed by atoms with Crippen molar-refractivity contribution in [2.45, 2.75) is 26.9 Å². The third kappa shape index (κ3) is 4.30. The summed E-state index contributed by atoms with van der Waals surface area (Å²) in [5.41, 5.74) is 1.98. The van der Waals surface area contributed by atoms with E-state index >= 15 is 0 Å². The molecule has 1 heterocycles. The van der Waals surface area contributed by atoms with Crippen molar-refractivity contribution in [3.8, 4) is 5.75 Å². The van der Waals surface area contributed by atoms with E-state index in [4.69, 9.17) is 4.74 Å². The number of nitrogens with zero attached hydrogens (tertiary/aromatic N) is 3. The topological polar surface area (TPSA) is 50.3 Å². The largest absolute Gasteiger partial charge is 0.489 e. The van der Waals surface area contributed by atoms with Gasteiger partial charge in [-0.25, -0.2) is 9.97 Å². The van der Waals surface area contributed by atoms with Crippen LogP contribution in [-0.4, -0.2) is 22.6 Å². The lowest BCUT2D eigenvalue weighted by atomic mass is 10.2. The normalized spacial score (nSPS) is 10.6. The Bertz CT molecular complexity index is 836. The average Bonchev–Trinajstić information content (AvgIpc) is 2.65. The van der Waals surface area contributed by atoms with Gasteiger partial charge in [0.15, 0.2) is 0 Å². The number of rotatable bonds is 7. The Balaban J connectivity index is 1.86. The molecule has 0 atom stereocenters. The highest BCUT2D eigenvalue weighted by atomic mass is 16.5. The standard InChI is InChI=1S/C21H24N4O/c1-4-25(17-10-6-5-7-11-17)21-14-20(22-15-23-21)24-18-12-8-9-13-19(18)26-16(2)3/h5-16H,4H2,1-3H3,(H,22,23,24). The Hall–Kier alpha value is -3.08. The molecule has 0 aliphatic carbocycles. The van der Waals surface area contributed by atoms with Gasteiger partial charge in [-0.3, -0.25) is 0 Å². The van der Waals surface area contributed by atoms with Crippen LogP contribution in [0.25, 0.3) is 0 Å². The van der Waals surface area contributed by atoms with Gasteiger partial charge in [-0.05, 0) is 45.0 Å². The minimum Gasteiger partial charge on any atom is -0.489 e. The van der Waals surface area contributed by atoms with Crippen molar-refractivity contribution in [2.24, 2.45) is 0 Å². The summed E-state index contributed by atoms with van der Waals surface area (Å²) < 4.78 is 5.87. The minimum absolute atomic E-state index is 0.104. The van der Waals surface area contributed by atoms with Gasteiger partial charge >= 0.3 is 0 Å².